The molecule has 0 fully saturated rings. The molecule has 214 valence electrons. The molecule has 1 heteroatoms. The fourth-order valence-corrected chi connectivity index (χ4v) is 7.01. The monoisotopic (exact) mass is 575 g/mol. The molecular weight excluding hydrogens is 542 g/mol. The molecule has 0 bridgehead atoms. The first kappa shape index (κ1) is 26.9. The average Bonchev–Trinajstić information content (AvgIpc) is 3.10. The molecule has 45 heavy (non-hydrogen) atoms. The van der Waals surface area contributed by atoms with Crippen LogP contribution in [0.3, 0.4) is 0 Å². The van der Waals surface area contributed by atoms with Crippen molar-refractivity contribution < 1.29 is 0 Å². The van der Waals surface area contributed by atoms with Gasteiger partial charge in [0.2, 0.25) is 0 Å². The number of nitrogens with zero attached hydrogens (tertiary/aromatic N) is 1. The summed E-state index contributed by atoms with van der Waals surface area (Å²) >= 11 is 0. The molecule has 0 saturated heterocycles. The van der Waals surface area contributed by atoms with E-state index >= 15 is 0 Å². The molecule has 0 amide bonds. The zero-order valence-corrected chi connectivity index (χ0v) is 25.4. The molecule has 8 aromatic rings. The summed E-state index contributed by atoms with van der Waals surface area (Å²) < 4.78 is 0. The number of hydrogen-bond donors (Lipinski definition) is 0. The number of rotatable bonds is 5. The Balaban J connectivity index is 1.43. The minimum absolute atomic E-state index is 0.720. The number of aryl methyl sites for hydroxylation is 1. The van der Waals surface area contributed by atoms with Gasteiger partial charge in [0, 0.05) is 17.9 Å². The Morgan fingerprint density at radius 2 is 1.11 bits per heavy atom. The van der Waals surface area contributed by atoms with Crippen LogP contribution in [0.15, 0.2) is 158 Å². The van der Waals surface area contributed by atoms with Crippen molar-refractivity contribution in [2.24, 2.45) is 0 Å². The van der Waals surface area contributed by atoms with Crippen LogP contribution in [0.2, 0.25) is 0 Å². The Kier molecular flexibility index (Phi) is 6.65. The van der Waals surface area contributed by atoms with Gasteiger partial charge in [-0.05, 0) is 101 Å². The van der Waals surface area contributed by atoms with Gasteiger partial charge in [-0.25, -0.2) is 0 Å². The van der Waals surface area contributed by atoms with Crippen LogP contribution in [0.1, 0.15) is 11.1 Å². The van der Waals surface area contributed by atoms with Crippen LogP contribution in [0.4, 0.5) is 11.4 Å². The smallest absolute Gasteiger partial charge is 0.0488 e. The maximum Gasteiger partial charge on any atom is 0.0488 e. The molecule has 1 nitrogen and oxygen atoms in total. The normalized spacial score (nSPS) is 12.2. The van der Waals surface area contributed by atoms with Crippen LogP contribution in [0.25, 0.3) is 50.0 Å². The van der Waals surface area contributed by atoms with Crippen molar-refractivity contribution in [2.45, 2.75) is 13.5 Å². The maximum absolute atomic E-state index is 4.51. The summed E-state index contributed by atoms with van der Waals surface area (Å²) in [6, 6.07) is 57.0. The van der Waals surface area contributed by atoms with Gasteiger partial charge in [0.15, 0.2) is 0 Å². The van der Waals surface area contributed by atoms with E-state index in [1.807, 2.05) is 0 Å². The highest BCUT2D eigenvalue weighted by Gasteiger charge is 2.17. The van der Waals surface area contributed by atoms with E-state index in [4.69, 9.17) is 0 Å². The van der Waals surface area contributed by atoms with E-state index in [0.29, 0.717) is 0 Å². The van der Waals surface area contributed by atoms with Crippen molar-refractivity contribution in [3.05, 3.63) is 185 Å². The van der Waals surface area contributed by atoms with Gasteiger partial charge in [-0.15, -0.1) is 0 Å². The van der Waals surface area contributed by atoms with Gasteiger partial charge in [0.05, 0.1) is 0 Å². The molecule has 0 atom stereocenters. The Bertz CT molecular complexity index is 2460. The van der Waals surface area contributed by atoms with E-state index < -0.39 is 0 Å². The number of fused-ring (bicyclic) bond motifs is 2. The van der Waals surface area contributed by atoms with Gasteiger partial charge in [0.25, 0.3) is 0 Å². The summed E-state index contributed by atoms with van der Waals surface area (Å²) in [4.78, 5) is 2.44. The second-order valence-electron chi connectivity index (χ2n) is 11.9. The van der Waals surface area contributed by atoms with Gasteiger partial charge in [-0.2, -0.15) is 0 Å². The van der Waals surface area contributed by atoms with E-state index in [2.05, 4.69) is 176 Å². The fraction of sp³-hybridized carbons (Fsp3) is 0.0455. The second kappa shape index (κ2) is 11.1. The summed E-state index contributed by atoms with van der Waals surface area (Å²) in [6.45, 7) is 7.47. The third-order valence-corrected chi connectivity index (χ3v) is 9.16. The molecule has 0 N–H and O–H groups in total. The maximum atomic E-state index is 4.51. The average molecular weight is 576 g/mol. The molecule has 0 heterocycles. The van der Waals surface area contributed by atoms with E-state index in [1.54, 1.807) is 0 Å². The lowest BCUT2D eigenvalue weighted by atomic mass is 9.88. The molecule has 0 aliphatic rings. The van der Waals surface area contributed by atoms with Crippen LogP contribution in [0.5, 0.6) is 0 Å². The summed E-state index contributed by atoms with van der Waals surface area (Å²) in [5.41, 5.74) is 7.33. The molecule has 8 rings (SSSR count). The molecule has 0 spiro atoms. The van der Waals surface area contributed by atoms with E-state index in [1.165, 1.54) is 65.0 Å². The summed E-state index contributed by atoms with van der Waals surface area (Å²) in [5.74, 6) is 0. The molecule has 8 aromatic carbocycles. The van der Waals surface area contributed by atoms with Crippen molar-refractivity contribution in [1.29, 1.82) is 0 Å². The Labute approximate surface area is 263 Å². The topological polar surface area (TPSA) is 3.24 Å². The number of benzene rings is 8. The zero-order chi connectivity index (χ0) is 30.3. The van der Waals surface area contributed by atoms with Crippen molar-refractivity contribution >= 4 is 50.3 Å². The minimum atomic E-state index is 0.720. The van der Waals surface area contributed by atoms with Gasteiger partial charge in [0.1, 0.15) is 0 Å². The van der Waals surface area contributed by atoms with Crippen LogP contribution in [0, 0.1) is 17.4 Å². The van der Waals surface area contributed by atoms with Crippen molar-refractivity contribution in [1.82, 2.24) is 0 Å². The molecule has 0 saturated carbocycles. The largest absolute Gasteiger partial charge is 0.337 e. The molecule has 0 aliphatic carbocycles. The summed E-state index contributed by atoms with van der Waals surface area (Å²) in [5, 5.41) is 11.3. The van der Waals surface area contributed by atoms with E-state index in [9.17, 15) is 0 Å². The first-order chi connectivity index (χ1) is 22.2. The van der Waals surface area contributed by atoms with Crippen LogP contribution in [-0.4, -0.2) is 0 Å². The highest BCUT2D eigenvalue weighted by molar-refractivity contribution is 6.22. The van der Waals surface area contributed by atoms with Crippen LogP contribution >= 0.6 is 0 Å². The van der Waals surface area contributed by atoms with Crippen molar-refractivity contribution in [3.63, 3.8) is 0 Å². The first-order valence-corrected chi connectivity index (χ1v) is 15.6. The summed E-state index contributed by atoms with van der Waals surface area (Å²) in [7, 11) is 0. The predicted molar refractivity (Wildman–Crippen MR) is 193 cm³/mol. The van der Waals surface area contributed by atoms with E-state index in [0.717, 1.165) is 23.1 Å². The lowest BCUT2D eigenvalue weighted by Gasteiger charge is -2.27. The standard InChI is InChI=1S/C44H33N/c1-30-13-9-10-20-38(30)44-41-31(2)23-24-34-16-11-21-39(42(34)41)40-22-12-17-35(43(40)44)29-45(36-18-7-4-8-19-36)37-27-25-33(26-28-37)32-14-5-3-6-15-32/h3-28H,1,29H2,2H3/b44-38-. The molecular formula is C44H33N. The second-order valence-corrected chi connectivity index (χ2v) is 11.9. The minimum Gasteiger partial charge on any atom is -0.337 e. The number of para-hydroxylation sites is 1. The van der Waals surface area contributed by atoms with Gasteiger partial charge in [-0.3, -0.25) is 0 Å². The van der Waals surface area contributed by atoms with Crippen LogP contribution in [-0.2, 0) is 6.54 Å². The highest BCUT2D eigenvalue weighted by atomic mass is 15.1. The number of hydrogen-bond acceptors (Lipinski definition) is 1. The highest BCUT2D eigenvalue weighted by Crippen LogP contribution is 2.39. The third kappa shape index (κ3) is 4.65. The third-order valence-electron chi connectivity index (χ3n) is 9.16. The Morgan fingerprint density at radius 1 is 0.489 bits per heavy atom. The Morgan fingerprint density at radius 3 is 1.87 bits per heavy atom. The molecule has 0 aromatic heterocycles. The fourth-order valence-electron chi connectivity index (χ4n) is 7.01. The molecule has 0 unspecified atom stereocenters. The summed E-state index contributed by atoms with van der Waals surface area (Å²) in [6.07, 6.45) is 0. The predicted octanol–water partition coefficient (Wildman–Crippen LogP) is 10.9. The molecule has 0 aliphatic heterocycles. The van der Waals surface area contributed by atoms with Gasteiger partial charge in [-0.1, -0.05) is 140 Å². The van der Waals surface area contributed by atoms with E-state index in [-0.39, 0.29) is 0 Å². The zero-order valence-electron chi connectivity index (χ0n) is 25.4. The lowest BCUT2D eigenvalue weighted by Crippen LogP contribution is -2.17. The lowest BCUT2D eigenvalue weighted by molar-refractivity contribution is 0.984. The molecule has 0 radical (unpaired) electrons. The quantitative estimate of drug-likeness (QED) is 0.146. The van der Waals surface area contributed by atoms with Crippen LogP contribution < -0.4 is 10.1 Å². The van der Waals surface area contributed by atoms with Crippen molar-refractivity contribution in [2.75, 3.05) is 4.90 Å². The first-order valence-electron chi connectivity index (χ1n) is 15.6. The Hall–Kier alpha value is -5.66. The van der Waals surface area contributed by atoms with Crippen molar-refractivity contribution in [3.8, 4) is 11.1 Å². The SMILES string of the molecule is C=c1cccc/c1=c1/c2c(CN(c3ccccc3)c3ccc(-c4ccccc4)cc3)cccc2c2cccc3ccc(C)c1c32. The number of anilines is 2. The van der Waals surface area contributed by atoms with Gasteiger partial charge >= 0.3 is 0 Å². The van der Waals surface area contributed by atoms with Gasteiger partial charge < -0.3 is 4.90 Å².